The van der Waals surface area contributed by atoms with Crippen molar-refractivity contribution in [3.8, 4) is 0 Å². The predicted molar refractivity (Wildman–Crippen MR) is 71.8 cm³/mol. The van der Waals surface area contributed by atoms with Gasteiger partial charge in [0, 0.05) is 5.41 Å². The highest BCUT2D eigenvalue weighted by atomic mass is 14.7. The molecule has 1 spiro atoms. The first-order chi connectivity index (χ1) is 8.18. The summed E-state index contributed by atoms with van der Waals surface area (Å²) in [6.07, 6.45) is 13.6. The number of rotatable bonds is 0. The second-order valence-corrected chi connectivity index (χ2v) is 7.57. The Bertz CT molecular complexity index is 389. The standard InChI is InChI=1S/C17H26/c1-12-8-10-17-13-5-3-4-9-16(17,2)14(7-6-13)11-15(12)17/h13-14H,3-11H2,1-2H3/t13-,14+,16+,17-/m1/s1. The Morgan fingerprint density at radius 1 is 1.00 bits per heavy atom. The summed E-state index contributed by atoms with van der Waals surface area (Å²) in [5, 5.41) is 0. The molecule has 4 bridgehead atoms. The molecule has 0 nitrogen and oxygen atoms in total. The van der Waals surface area contributed by atoms with Crippen molar-refractivity contribution in [2.24, 2.45) is 22.7 Å². The Morgan fingerprint density at radius 3 is 2.71 bits per heavy atom. The lowest BCUT2D eigenvalue weighted by atomic mass is 9.51. The average molecular weight is 230 g/mol. The average Bonchev–Trinajstić information content (AvgIpc) is 2.64. The molecule has 3 saturated carbocycles. The van der Waals surface area contributed by atoms with Crippen molar-refractivity contribution in [3.63, 3.8) is 0 Å². The first-order valence-corrected chi connectivity index (χ1v) is 7.87. The summed E-state index contributed by atoms with van der Waals surface area (Å²) in [7, 11) is 0. The third-order valence-electron chi connectivity index (χ3n) is 7.38. The van der Waals surface area contributed by atoms with Crippen molar-refractivity contribution in [2.75, 3.05) is 0 Å². The smallest absolute Gasteiger partial charge is 0.000234 e. The third kappa shape index (κ3) is 1.03. The van der Waals surface area contributed by atoms with Crippen LogP contribution < -0.4 is 0 Å². The number of hydrogen-bond acceptors (Lipinski definition) is 0. The summed E-state index contributed by atoms with van der Waals surface area (Å²) < 4.78 is 0. The van der Waals surface area contributed by atoms with Gasteiger partial charge in [0.1, 0.15) is 0 Å². The highest BCUT2D eigenvalue weighted by Gasteiger charge is 2.66. The maximum atomic E-state index is 2.68. The topological polar surface area (TPSA) is 0 Å². The van der Waals surface area contributed by atoms with Gasteiger partial charge in [-0.15, -0.1) is 0 Å². The van der Waals surface area contributed by atoms with Crippen LogP contribution in [0.1, 0.15) is 71.6 Å². The Balaban J connectivity index is 1.94. The Morgan fingerprint density at radius 2 is 1.82 bits per heavy atom. The van der Waals surface area contributed by atoms with Gasteiger partial charge in [0.05, 0.1) is 0 Å². The maximum Gasteiger partial charge on any atom is 0.000234 e. The fraction of sp³-hybridized carbons (Fsp3) is 0.882. The molecule has 0 unspecified atom stereocenters. The second kappa shape index (κ2) is 3.19. The van der Waals surface area contributed by atoms with Crippen LogP contribution in [0.15, 0.2) is 11.1 Å². The van der Waals surface area contributed by atoms with Crippen LogP contribution in [0.5, 0.6) is 0 Å². The molecule has 0 aromatic rings. The minimum Gasteiger partial charge on any atom is -0.0735 e. The lowest BCUT2D eigenvalue weighted by Crippen LogP contribution is -2.46. The first kappa shape index (κ1) is 10.6. The van der Waals surface area contributed by atoms with Crippen LogP contribution in [-0.4, -0.2) is 0 Å². The number of allylic oxidation sites excluding steroid dienone is 2. The molecule has 4 aliphatic rings. The van der Waals surface area contributed by atoms with E-state index in [0.717, 1.165) is 11.8 Å². The summed E-state index contributed by atoms with van der Waals surface area (Å²) in [6.45, 7) is 5.13. The van der Waals surface area contributed by atoms with Crippen LogP contribution in [0.2, 0.25) is 0 Å². The molecular formula is C17H26. The van der Waals surface area contributed by atoms with Gasteiger partial charge in [0.2, 0.25) is 0 Å². The molecule has 0 aromatic carbocycles. The molecule has 0 radical (unpaired) electrons. The molecular weight excluding hydrogens is 204 g/mol. The second-order valence-electron chi connectivity index (χ2n) is 7.57. The zero-order valence-corrected chi connectivity index (χ0v) is 11.5. The summed E-state index contributed by atoms with van der Waals surface area (Å²) >= 11 is 0. The Kier molecular flexibility index (Phi) is 2.00. The molecule has 0 heteroatoms. The van der Waals surface area contributed by atoms with E-state index < -0.39 is 0 Å². The number of hydrogen-bond donors (Lipinski definition) is 0. The molecule has 0 N–H and O–H groups in total. The fourth-order valence-corrected chi connectivity index (χ4v) is 6.58. The molecule has 0 aliphatic heterocycles. The van der Waals surface area contributed by atoms with Crippen molar-refractivity contribution in [2.45, 2.75) is 71.6 Å². The molecule has 94 valence electrons. The molecule has 0 heterocycles. The minimum atomic E-state index is 0.691. The van der Waals surface area contributed by atoms with Gasteiger partial charge in [0.15, 0.2) is 0 Å². The van der Waals surface area contributed by atoms with Crippen molar-refractivity contribution >= 4 is 0 Å². The van der Waals surface area contributed by atoms with Crippen LogP contribution in [0, 0.1) is 22.7 Å². The van der Waals surface area contributed by atoms with Crippen molar-refractivity contribution in [1.29, 1.82) is 0 Å². The Hall–Kier alpha value is -0.260. The van der Waals surface area contributed by atoms with E-state index >= 15 is 0 Å². The van der Waals surface area contributed by atoms with E-state index in [2.05, 4.69) is 13.8 Å². The molecule has 0 saturated heterocycles. The maximum absolute atomic E-state index is 2.68. The first-order valence-electron chi connectivity index (χ1n) is 7.87. The quantitative estimate of drug-likeness (QED) is 0.508. The van der Waals surface area contributed by atoms with E-state index in [9.17, 15) is 0 Å². The van der Waals surface area contributed by atoms with Gasteiger partial charge < -0.3 is 0 Å². The van der Waals surface area contributed by atoms with E-state index in [4.69, 9.17) is 0 Å². The zero-order chi connectivity index (χ0) is 11.7. The van der Waals surface area contributed by atoms with Gasteiger partial charge in [-0.2, -0.15) is 0 Å². The zero-order valence-electron chi connectivity index (χ0n) is 11.5. The fourth-order valence-electron chi connectivity index (χ4n) is 6.58. The largest absolute Gasteiger partial charge is 0.0735 e. The van der Waals surface area contributed by atoms with Crippen molar-refractivity contribution in [3.05, 3.63) is 11.1 Å². The lowest BCUT2D eigenvalue weighted by molar-refractivity contribution is -0.0272. The van der Waals surface area contributed by atoms with Gasteiger partial charge in [-0.1, -0.05) is 30.9 Å². The highest BCUT2D eigenvalue weighted by molar-refractivity contribution is 5.38. The van der Waals surface area contributed by atoms with Crippen LogP contribution in [0.4, 0.5) is 0 Å². The van der Waals surface area contributed by atoms with Gasteiger partial charge in [-0.25, -0.2) is 0 Å². The summed E-state index contributed by atoms with van der Waals surface area (Å²) in [4.78, 5) is 0. The van der Waals surface area contributed by atoms with Gasteiger partial charge in [-0.05, 0) is 69.1 Å². The highest BCUT2D eigenvalue weighted by Crippen LogP contribution is 2.75. The lowest BCUT2D eigenvalue weighted by Gasteiger charge is -2.53. The monoisotopic (exact) mass is 230 g/mol. The van der Waals surface area contributed by atoms with Gasteiger partial charge in [-0.3, -0.25) is 0 Å². The van der Waals surface area contributed by atoms with Crippen molar-refractivity contribution < 1.29 is 0 Å². The molecule has 0 aromatic heterocycles. The molecule has 4 aliphatic carbocycles. The van der Waals surface area contributed by atoms with E-state index in [1.54, 1.807) is 24.8 Å². The summed E-state index contributed by atoms with van der Waals surface area (Å²) in [5.41, 5.74) is 5.15. The molecule has 4 rings (SSSR count). The van der Waals surface area contributed by atoms with E-state index in [1.165, 1.54) is 38.5 Å². The Labute approximate surface area is 106 Å². The van der Waals surface area contributed by atoms with E-state index in [-0.39, 0.29) is 0 Å². The van der Waals surface area contributed by atoms with Crippen LogP contribution in [0.25, 0.3) is 0 Å². The minimum absolute atomic E-state index is 0.691. The normalized spacial score (nSPS) is 52.6. The summed E-state index contributed by atoms with van der Waals surface area (Å²) in [5.74, 6) is 2.10. The molecule has 0 amide bonds. The van der Waals surface area contributed by atoms with Crippen LogP contribution in [0.3, 0.4) is 0 Å². The summed E-state index contributed by atoms with van der Waals surface area (Å²) in [6, 6.07) is 0. The van der Waals surface area contributed by atoms with Crippen molar-refractivity contribution in [1.82, 2.24) is 0 Å². The SMILES string of the molecule is CC1=C2C[C@@H]3CC[C@H]4CCCC[C@]3(C)[C@@]24CC1. The molecule has 17 heavy (non-hydrogen) atoms. The van der Waals surface area contributed by atoms with Gasteiger partial charge >= 0.3 is 0 Å². The molecule has 3 fully saturated rings. The third-order valence-corrected chi connectivity index (χ3v) is 7.38. The van der Waals surface area contributed by atoms with Crippen LogP contribution >= 0.6 is 0 Å². The van der Waals surface area contributed by atoms with Gasteiger partial charge in [0.25, 0.3) is 0 Å². The van der Waals surface area contributed by atoms with Crippen LogP contribution in [-0.2, 0) is 0 Å². The van der Waals surface area contributed by atoms with E-state index in [0.29, 0.717) is 10.8 Å². The molecule has 4 atom stereocenters. The van der Waals surface area contributed by atoms with E-state index in [1.807, 2.05) is 5.57 Å². The predicted octanol–water partition coefficient (Wildman–Crippen LogP) is 5.09.